The summed E-state index contributed by atoms with van der Waals surface area (Å²) in [5.41, 5.74) is -0.870. The van der Waals surface area contributed by atoms with Gasteiger partial charge in [0.1, 0.15) is 36.1 Å². The summed E-state index contributed by atoms with van der Waals surface area (Å²) in [6.07, 6.45) is -5.04. The van der Waals surface area contributed by atoms with Crippen LogP contribution in [0.2, 0.25) is 0 Å². The maximum atomic E-state index is 13.7. The molecule has 18 atom stereocenters. The number of nitrogens with zero attached hydrogens (tertiary/aromatic N) is 1. The van der Waals surface area contributed by atoms with Gasteiger partial charge in [0.2, 0.25) is 0 Å². The molecule has 0 aromatic rings. The summed E-state index contributed by atoms with van der Waals surface area (Å²) < 4.78 is 48.4. The number of ether oxygens (including phenoxy) is 8. The second-order valence-electron chi connectivity index (χ2n) is 16.2. The second-order valence-corrected chi connectivity index (χ2v) is 16.2. The fourth-order valence-corrected chi connectivity index (χ4v) is 8.42. The Morgan fingerprint density at radius 2 is 1.63 bits per heavy atom. The van der Waals surface area contributed by atoms with E-state index in [-0.39, 0.29) is 44.0 Å². The van der Waals surface area contributed by atoms with Crippen molar-refractivity contribution in [3.63, 3.8) is 0 Å². The molecular formula is C39H67NO14. The van der Waals surface area contributed by atoms with Crippen molar-refractivity contribution in [3.05, 3.63) is 12.2 Å². The number of carbonyl (C=O) groups excluding carboxylic acids is 2. The smallest absolute Gasteiger partial charge is 0.308 e. The van der Waals surface area contributed by atoms with Gasteiger partial charge in [0.15, 0.2) is 18.4 Å². The van der Waals surface area contributed by atoms with Crippen molar-refractivity contribution in [1.82, 2.24) is 4.90 Å². The van der Waals surface area contributed by atoms with Crippen molar-refractivity contribution in [1.29, 1.82) is 0 Å². The Hall–Kier alpha value is -1.60. The van der Waals surface area contributed by atoms with Crippen LogP contribution in [0.1, 0.15) is 73.6 Å². The molecule has 18 unspecified atom stereocenters. The van der Waals surface area contributed by atoms with Crippen LogP contribution in [-0.2, 0) is 47.5 Å². The largest absolute Gasteiger partial charge is 0.462 e. The number of likely N-dealkylation sites (N-methyl/N-ethyl adjacent to an activating group) is 1. The third kappa shape index (κ3) is 10.7. The number of hydrogen-bond donors (Lipinski definition) is 4. The van der Waals surface area contributed by atoms with Crippen LogP contribution in [-0.4, -0.2) is 164 Å². The Bertz CT molecular complexity index is 1240. The van der Waals surface area contributed by atoms with E-state index in [1.807, 2.05) is 46.7 Å². The van der Waals surface area contributed by atoms with Crippen molar-refractivity contribution in [2.45, 2.75) is 159 Å². The topological polar surface area (TPSA) is 195 Å². The number of ketones is 1. The maximum absolute atomic E-state index is 13.7. The lowest BCUT2D eigenvalue weighted by Gasteiger charge is -2.44. The third-order valence-corrected chi connectivity index (χ3v) is 11.9. The van der Waals surface area contributed by atoms with Crippen LogP contribution >= 0.6 is 0 Å². The quantitative estimate of drug-likeness (QED) is 0.175. The summed E-state index contributed by atoms with van der Waals surface area (Å²) in [4.78, 5) is 29.2. The van der Waals surface area contributed by atoms with E-state index in [1.54, 1.807) is 19.9 Å². The molecule has 3 saturated heterocycles. The predicted octanol–water partition coefficient (Wildman–Crippen LogP) is 1.60. The summed E-state index contributed by atoms with van der Waals surface area (Å²) in [6.45, 7) is 10.7. The normalized spacial score (nSPS) is 45.6. The van der Waals surface area contributed by atoms with Gasteiger partial charge in [-0.05, 0) is 78.6 Å². The maximum Gasteiger partial charge on any atom is 0.308 e. The summed E-state index contributed by atoms with van der Waals surface area (Å²) in [6, 6.07) is -0.249. The molecule has 4 aliphatic rings. The number of methoxy groups -OCH3 is 2. The molecule has 4 aliphatic heterocycles. The summed E-state index contributed by atoms with van der Waals surface area (Å²) >= 11 is 0. The van der Waals surface area contributed by atoms with E-state index in [0.717, 1.165) is 0 Å². The molecule has 0 saturated carbocycles. The highest BCUT2D eigenvalue weighted by Crippen LogP contribution is 2.45. The standard InChI is InChI=1S/C39H67NO14/c1-11-29-25(19-49-38-35(48-10)34(47-9)31(45)23(5)51-38)36-39(6,54-36)14-12-27(42)20(2)16-24(13-15-41)33(22(4)28(43)18-30(44)52-29)53-37-32(46)26(40(7)8)17-21(3)50-37/h12,14,20-26,28-29,31-38,41,43,45-46H,11,13,15-19H2,1-10H3. The Morgan fingerprint density at radius 1 is 0.944 bits per heavy atom. The van der Waals surface area contributed by atoms with Gasteiger partial charge in [-0.1, -0.05) is 20.8 Å². The number of fused-ring (bicyclic) bond motifs is 1. The molecule has 4 heterocycles. The Morgan fingerprint density at radius 3 is 2.24 bits per heavy atom. The van der Waals surface area contributed by atoms with E-state index in [4.69, 9.17) is 37.9 Å². The van der Waals surface area contributed by atoms with Gasteiger partial charge >= 0.3 is 5.97 Å². The van der Waals surface area contributed by atoms with Crippen LogP contribution in [0, 0.1) is 23.7 Å². The molecule has 312 valence electrons. The van der Waals surface area contributed by atoms with Crippen LogP contribution in [0.15, 0.2) is 12.2 Å². The lowest BCUT2D eigenvalue weighted by atomic mass is 9.79. The van der Waals surface area contributed by atoms with Crippen molar-refractivity contribution in [2.75, 3.05) is 41.5 Å². The second kappa shape index (κ2) is 19.7. The Labute approximate surface area is 320 Å². The first-order valence-electron chi connectivity index (χ1n) is 19.5. The molecule has 4 N–H and O–H groups in total. The molecule has 3 fully saturated rings. The molecule has 0 radical (unpaired) electrons. The zero-order valence-electron chi connectivity index (χ0n) is 33.7. The highest BCUT2D eigenvalue weighted by atomic mass is 16.7. The van der Waals surface area contributed by atoms with E-state index < -0.39 is 103 Å². The van der Waals surface area contributed by atoms with Crippen molar-refractivity contribution >= 4 is 11.8 Å². The summed E-state index contributed by atoms with van der Waals surface area (Å²) in [5.74, 6) is -2.93. The zero-order chi connectivity index (χ0) is 40.1. The van der Waals surface area contributed by atoms with Gasteiger partial charge in [-0.25, -0.2) is 0 Å². The van der Waals surface area contributed by atoms with Crippen LogP contribution in [0.25, 0.3) is 0 Å². The lowest BCUT2D eigenvalue weighted by molar-refractivity contribution is -0.305. The molecule has 0 aliphatic carbocycles. The number of rotatable bonds is 11. The van der Waals surface area contributed by atoms with E-state index in [0.29, 0.717) is 19.3 Å². The van der Waals surface area contributed by atoms with Gasteiger partial charge in [0.25, 0.3) is 0 Å². The average molecular weight is 774 g/mol. The van der Waals surface area contributed by atoms with Gasteiger partial charge in [0.05, 0.1) is 43.5 Å². The monoisotopic (exact) mass is 773 g/mol. The minimum atomic E-state index is -1.24. The van der Waals surface area contributed by atoms with Crippen molar-refractivity contribution in [2.24, 2.45) is 23.7 Å². The number of esters is 1. The number of aliphatic hydroxyl groups is 4. The highest BCUT2D eigenvalue weighted by Gasteiger charge is 2.58. The molecule has 15 nitrogen and oxygen atoms in total. The molecule has 0 bridgehead atoms. The molecule has 0 spiro atoms. The van der Waals surface area contributed by atoms with Crippen LogP contribution < -0.4 is 0 Å². The van der Waals surface area contributed by atoms with Crippen LogP contribution in [0.3, 0.4) is 0 Å². The summed E-state index contributed by atoms with van der Waals surface area (Å²) in [7, 11) is 6.71. The van der Waals surface area contributed by atoms with E-state index in [1.165, 1.54) is 20.3 Å². The van der Waals surface area contributed by atoms with Crippen LogP contribution in [0.4, 0.5) is 0 Å². The number of cyclic esters (lactones) is 1. The van der Waals surface area contributed by atoms with Crippen molar-refractivity contribution < 1.29 is 67.9 Å². The third-order valence-electron chi connectivity index (χ3n) is 11.9. The van der Waals surface area contributed by atoms with Gasteiger partial charge in [-0.2, -0.15) is 0 Å². The SMILES string of the molecule is CCC1OC(=O)CC(O)C(C)C(OC2OC(C)CC(N(C)C)C2O)C(CCO)CC(C)C(=O)C=CC2(C)OC2C1COC1OC(C)C(O)C(OC)C1OC. The van der Waals surface area contributed by atoms with Gasteiger partial charge in [0, 0.05) is 44.6 Å². The number of aliphatic hydroxyl groups excluding tert-OH is 4. The molecule has 54 heavy (non-hydrogen) atoms. The Kier molecular flexibility index (Phi) is 16.5. The fraction of sp³-hybridized carbons (Fsp3) is 0.897. The lowest BCUT2D eigenvalue weighted by Crippen LogP contribution is -2.59. The highest BCUT2D eigenvalue weighted by molar-refractivity contribution is 5.91. The number of allylic oxidation sites excluding steroid dienone is 1. The minimum Gasteiger partial charge on any atom is -0.462 e. The minimum absolute atomic E-state index is 0.0157. The molecular weight excluding hydrogens is 706 g/mol. The number of carbonyl (C=O) groups is 2. The molecule has 0 amide bonds. The zero-order valence-corrected chi connectivity index (χ0v) is 33.7. The fourth-order valence-electron chi connectivity index (χ4n) is 8.42. The van der Waals surface area contributed by atoms with Crippen LogP contribution in [0.5, 0.6) is 0 Å². The Balaban J connectivity index is 1.63. The van der Waals surface area contributed by atoms with Gasteiger partial charge < -0.3 is 63.2 Å². The molecule has 0 aromatic carbocycles. The average Bonchev–Trinajstić information content (AvgIpc) is 3.80. The first kappa shape index (κ1) is 45.1. The first-order chi connectivity index (χ1) is 25.5. The van der Waals surface area contributed by atoms with E-state index in [9.17, 15) is 30.0 Å². The molecule has 4 rings (SSSR count). The van der Waals surface area contributed by atoms with Crippen molar-refractivity contribution in [3.8, 4) is 0 Å². The van der Waals surface area contributed by atoms with E-state index >= 15 is 0 Å². The number of hydrogen-bond acceptors (Lipinski definition) is 15. The number of epoxide rings is 1. The van der Waals surface area contributed by atoms with Gasteiger partial charge in [-0.15, -0.1) is 0 Å². The molecule has 0 aromatic heterocycles. The summed E-state index contributed by atoms with van der Waals surface area (Å²) in [5, 5.41) is 43.8. The predicted molar refractivity (Wildman–Crippen MR) is 195 cm³/mol. The van der Waals surface area contributed by atoms with E-state index in [2.05, 4.69) is 0 Å². The first-order valence-corrected chi connectivity index (χ1v) is 19.5. The molecule has 15 heteroatoms. The van der Waals surface area contributed by atoms with Gasteiger partial charge in [-0.3, -0.25) is 9.59 Å².